The number of nitrogens with zero attached hydrogens (tertiary/aromatic N) is 4. The van der Waals surface area contributed by atoms with Gasteiger partial charge in [-0.25, -0.2) is 0 Å². The van der Waals surface area contributed by atoms with Crippen LogP contribution in [0, 0.1) is 5.92 Å². The summed E-state index contributed by atoms with van der Waals surface area (Å²) in [6.07, 6.45) is 7.15. The predicted octanol–water partition coefficient (Wildman–Crippen LogP) is 1.07. The standard InChI is InChI=1S/C13H25N5O/c1-3-19-13(10-7-5-4-6-8-10)11(14)9-12-15-17-18(2)16-12/h10-11,13H,3-9,14H2,1-2H3. The maximum atomic E-state index is 6.33. The van der Waals surface area contributed by atoms with Crippen molar-refractivity contribution >= 4 is 0 Å². The normalized spacial score (nSPS) is 20.4. The summed E-state index contributed by atoms with van der Waals surface area (Å²) in [4.78, 5) is 1.47. The van der Waals surface area contributed by atoms with E-state index in [0.29, 0.717) is 24.8 Å². The highest BCUT2D eigenvalue weighted by molar-refractivity contribution is 4.90. The van der Waals surface area contributed by atoms with Gasteiger partial charge in [0, 0.05) is 19.1 Å². The van der Waals surface area contributed by atoms with Crippen molar-refractivity contribution < 1.29 is 4.74 Å². The Morgan fingerprint density at radius 1 is 1.37 bits per heavy atom. The second-order valence-corrected chi connectivity index (χ2v) is 5.38. The van der Waals surface area contributed by atoms with E-state index < -0.39 is 0 Å². The van der Waals surface area contributed by atoms with Gasteiger partial charge in [-0.1, -0.05) is 19.3 Å². The molecule has 108 valence electrons. The molecule has 2 rings (SSSR count). The average Bonchev–Trinajstić information content (AvgIpc) is 2.82. The van der Waals surface area contributed by atoms with E-state index in [0.717, 1.165) is 0 Å². The molecule has 6 heteroatoms. The third kappa shape index (κ3) is 3.98. The summed E-state index contributed by atoms with van der Waals surface area (Å²) < 4.78 is 5.91. The molecule has 6 nitrogen and oxygen atoms in total. The molecule has 1 saturated carbocycles. The quantitative estimate of drug-likeness (QED) is 0.834. The van der Waals surface area contributed by atoms with Gasteiger partial charge in [0.25, 0.3) is 0 Å². The first-order valence-corrected chi connectivity index (χ1v) is 7.30. The molecule has 19 heavy (non-hydrogen) atoms. The van der Waals surface area contributed by atoms with Crippen LogP contribution < -0.4 is 5.73 Å². The number of aryl methyl sites for hydroxylation is 1. The molecule has 1 aliphatic carbocycles. The van der Waals surface area contributed by atoms with Crippen molar-refractivity contribution in [3.05, 3.63) is 5.82 Å². The third-order valence-corrected chi connectivity index (χ3v) is 3.86. The summed E-state index contributed by atoms with van der Waals surface area (Å²) in [6.45, 7) is 2.74. The van der Waals surface area contributed by atoms with Crippen molar-refractivity contribution in [3.8, 4) is 0 Å². The van der Waals surface area contributed by atoms with E-state index >= 15 is 0 Å². The number of nitrogens with two attached hydrogens (primary N) is 1. The fraction of sp³-hybridized carbons (Fsp3) is 0.923. The number of rotatable bonds is 6. The molecule has 2 N–H and O–H groups in total. The molecular formula is C13H25N5O. The van der Waals surface area contributed by atoms with Crippen molar-refractivity contribution in [2.45, 2.75) is 57.6 Å². The van der Waals surface area contributed by atoms with Crippen LogP contribution in [0.5, 0.6) is 0 Å². The molecule has 1 heterocycles. The molecule has 2 unspecified atom stereocenters. The minimum absolute atomic E-state index is 0.0488. The fourth-order valence-electron chi connectivity index (χ4n) is 3.00. The Morgan fingerprint density at radius 3 is 2.68 bits per heavy atom. The van der Waals surface area contributed by atoms with Crippen molar-refractivity contribution in [1.82, 2.24) is 20.2 Å². The Bertz CT molecular complexity index is 375. The van der Waals surface area contributed by atoms with Crippen LogP contribution in [0.3, 0.4) is 0 Å². The van der Waals surface area contributed by atoms with Gasteiger partial charge in [-0.15, -0.1) is 10.2 Å². The summed E-state index contributed by atoms with van der Waals surface area (Å²) in [5.41, 5.74) is 6.33. The second kappa shape index (κ2) is 6.96. The van der Waals surface area contributed by atoms with Gasteiger partial charge in [0.2, 0.25) is 0 Å². The lowest BCUT2D eigenvalue weighted by molar-refractivity contribution is -0.00948. The summed E-state index contributed by atoms with van der Waals surface area (Å²) in [7, 11) is 1.77. The Kier molecular flexibility index (Phi) is 5.27. The number of aromatic nitrogens is 4. The van der Waals surface area contributed by atoms with Gasteiger partial charge >= 0.3 is 0 Å². The maximum Gasteiger partial charge on any atom is 0.176 e. The highest BCUT2D eigenvalue weighted by Crippen LogP contribution is 2.29. The molecule has 2 atom stereocenters. The van der Waals surface area contributed by atoms with Gasteiger partial charge in [-0.3, -0.25) is 0 Å². The molecular weight excluding hydrogens is 242 g/mol. The van der Waals surface area contributed by atoms with E-state index in [2.05, 4.69) is 15.4 Å². The van der Waals surface area contributed by atoms with Gasteiger partial charge in [0.05, 0.1) is 13.2 Å². The molecule has 0 radical (unpaired) electrons. The van der Waals surface area contributed by atoms with Crippen molar-refractivity contribution in [2.24, 2.45) is 18.7 Å². The lowest BCUT2D eigenvalue weighted by atomic mass is 9.82. The van der Waals surface area contributed by atoms with Crippen LogP contribution in [0.1, 0.15) is 44.9 Å². The van der Waals surface area contributed by atoms with Gasteiger partial charge in [-0.05, 0) is 30.9 Å². The molecule has 0 saturated heterocycles. The minimum Gasteiger partial charge on any atom is -0.377 e. The third-order valence-electron chi connectivity index (χ3n) is 3.86. The fourth-order valence-corrected chi connectivity index (χ4v) is 3.00. The SMILES string of the molecule is CCOC(C(N)Cc1nnn(C)n1)C1CCCCC1. The average molecular weight is 267 g/mol. The smallest absolute Gasteiger partial charge is 0.176 e. The van der Waals surface area contributed by atoms with Gasteiger partial charge in [-0.2, -0.15) is 4.80 Å². The molecule has 0 aliphatic heterocycles. The predicted molar refractivity (Wildman–Crippen MR) is 72.5 cm³/mol. The van der Waals surface area contributed by atoms with Gasteiger partial charge in [0.1, 0.15) is 0 Å². The molecule has 1 aromatic heterocycles. The largest absolute Gasteiger partial charge is 0.377 e. The molecule has 0 spiro atoms. The molecule has 0 bridgehead atoms. The van der Waals surface area contributed by atoms with Crippen LogP contribution in [0.15, 0.2) is 0 Å². The van der Waals surface area contributed by atoms with Crippen LogP contribution in [0.25, 0.3) is 0 Å². The number of hydrogen-bond donors (Lipinski definition) is 1. The van der Waals surface area contributed by atoms with E-state index in [1.165, 1.54) is 36.9 Å². The van der Waals surface area contributed by atoms with Crippen LogP contribution in [-0.4, -0.2) is 39.0 Å². The zero-order valence-corrected chi connectivity index (χ0v) is 12.0. The lowest BCUT2D eigenvalue weighted by Gasteiger charge is -2.33. The summed E-state index contributed by atoms with van der Waals surface area (Å²) in [5.74, 6) is 1.29. The minimum atomic E-state index is -0.0488. The summed E-state index contributed by atoms with van der Waals surface area (Å²) in [6, 6.07) is -0.0488. The Balaban J connectivity index is 1.96. The first-order chi connectivity index (χ1) is 9.20. The van der Waals surface area contributed by atoms with Gasteiger partial charge < -0.3 is 10.5 Å². The Hall–Kier alpha value is -1.01. The van der Waals surface area contributed by atoms with Gasteiger partial charge in [0.15, 0.2) is 5.82 Å². The molecule has 0 aromatic carbocycles. The zero-order valence-electron chi connectivity index (χ0n) is 12.0. The van der Waals surface area contributed by atoms with Crippen molar-refractivity contribution in [3.63, 3.8) is 0 Å². The zero-order chi connectivity index (χ0) is 13.7. The topological polar surface area (TPSA) is 78.9 Å². The van der Waals surface area contributed by atoms with Crippen LogP contribution >= 0.6 is 0 Å². The monoisotopic (exact) mass is 267 g/mol. The van der Waals surface area contributed by atoms with Crippen molar-refractivity contribution in [1.29, 1.82) is 0 Å². The van der Waals surface area contributed by atoms with E-state index in [4.69, 9.17) is 10.5 Å². The van der Waals surface area contributed by atoms with E-state index in [9.17, 15) is 0 Å². The lowest BCUT2D eigenvalue weighted by Crippen LogP contribution is -2.44. The van der Waals surface area contributed by atoms with E-state index in [-0.39, 0.29) is 12.1 Å². The highest BCUT2D eigenvalue weighted by atomic mass is 16.5. The summed E-state index contributed by atoms with van der Waals surface area (Å²) in [5, 5.41) is 12.1. The van der Waals surface area contributed by atoms with E-state index in [1.54, 1.807) is 7.05 Å². The number of ether oxygens (including phenoxy) is 1. The number of tetrazole rings is 1. The first-order valence-electron chi connectivity index (χ1n) is 7.30. The maximum absolute atomic E-state index is 6.33. The second-order valence-electron chi connectivity index (χ2n) is 5.38. The molecule has 1 aliphatic rings. The van der Waals surface area contributed by atoms with Crippen LogP contribution in [0.4, 0.5) is 0 Å². The Morgan fingerprint density at radius 2 is 2.11 bits per heavy atom. The van der Waals surface area contributed by atoms with Crippen LogP contribution in [-0.2, 0) is 18.2 Å². The Labute approximate surface area is 114 Å². The summed E-state index contributed by atoms with van der Waals surface area (Å²) >= 11 is 0. The van der Waals surface area contributed by atoms with Crippen molar-refractivity contribution in [2.75, 3.05) is 6.61 Å². The first kappa shape index (κ1) is 14.4. The molecule has 0 amide bonds. The highest BCUT2D eigenvalue weighted by Gasteiger charge is 2.30. The molecule has 1 aromatic rings. The van der Waals surface area contributed by atoms with Crippen LogP contribution in [0.2, 0.25) is 0 Å². The van der Waals surface area contributed by atoms with E-state index in [1.807, 2.05) is 6.92 Å². The number of hydrogen-bond acceptors (Lipinski definition) is 5. The molecule has 1 fully saturated rings.